The van der Waals surface area contributed by atoms with Gasteiger partial charge in [-0.25, -0.2) is 4.79 Å². The standard InChI is InChI=1S/C15H18F3NO4/c1-8(2)7-11(14(22)23)19-13(21)12(20)9-3-5-10(6-4-9)15(16,17)18/h3-6,8,11-12,20H,7H2,1-2H3,(H,19,21)(H,22,23)/t11-,12+/m1/s1. The minimum absolute atomic E-state index is 0.000359. The van der Waals surface area contributed by atoms with Gasteiger partial charge >= 0.3 is 12.1 Å². The average Bonchev–Trinajstić information content (AvgIpc) is 2.44. The quantitative estimate of drug-likeness (QED) is 0.746. The zero-order valence-electron chi connectivity index (χ0n) is 12.6. The van der Waals surface area contributed by atoms with Crippen LogP contribution in [-0.4, -0.2) is 28.1 Å². The number of carboxylic acids is 1. The molecule has 0 saturated heterocycles. The zero-order valence-corrected chi connectivity index (χ0v) is 12.6. The summed E-state index contributed by atoms with van der Waals surface area (Å²) in [5.74, 6) is -2.22. The highest BCUT2D eigenvalue weighted by molar-refractivity contribution is 5.86. The molecule has 0 aliphatic carbocycles. The molecule has 0 radical (unpaired) electrons. The van der Waals surface area contributed by atoms with Crippen LogP contribution in [0.2, 0.25) is 0 Å². The van der Waals surface area contributed by atoms with Crippen LogP contribution in [0.15, 0.2) is 24.3 Å². The number of hydrogen-bond donors (Lipinski definition) is 3. The molecule has 1 aromatic rings. The first-order valence-corrected chi connectivity index (χ1v) is 6.90. The van der Waals surface area contributed by atoms with Crippen LogP contribution in [0.5, 0.6) is 0 Å². The number of rotatable bonds is 6. The fourth-order valence-electron chi connectivity index (χ4n) is 1.95. The Kier molecular flexibility index (Phi) is 6.14. The summed E-state index contributed by atoms with van der Waals surface area (Å²) in [6, 6.07) is 2.27. The Morgan fingerprint density at radius 1 is 1.17 bits per heavy atom. The first-order chi connectivity index (χ1) is 10.5. The molecule has 128 valence electrons. The number of aliphatic hydroxyl groups is 1. The van der Waals surface area contributed by atoms with Crippen LogP contribution in [0.4, 0.5) is 13.2 Å². The van der Waals surface area contributed by atoms with Crippen LogP contribution in [0.3, 0.4) is 0 Å². The third kappa shape index (κ3) is 5.55. The lowest BCUT2D eigenvalue weighted by molar-refractivity contribution is -0.144. The lowest BCUT2D eigenvalue weighted by atomic mass is 10.0. The van der Waals surface area contributed by atoms with Crippen molar-refractivity contribution in [3.63, 3.8) is 0 Å². The Bertz CT molecular complexity index is 555. The van der Waals surface area contributed by atoms with E-state index < -0.39 is 35.8 Å². The van der Waals surface area contributed by atoms with Gasteiger partial charge in [0.2, 0.25) is 0 Å². The second-order valence-electron chi connectivity index (χ2n) is 5.55. The van der Waals surface area contributed by atoms with E-state index in [4.69, 9.17) is 5.11 Å². The van der Waals surface area contributed by atoms with Gasteiger partial charge in [-0.1, -0.05) is 26.0 Å². The molecule has 0 saturated carbocycles. The maximum Gasteiger partial charge on any atom is 0.416 e. The normalized spacial score (nSPS) is 14.4. The molecule has 0 heterocycles. The van der Waals surface area contributed by atoms with E-state index in [0.717, 1.165) is 24.3 Å². The van der Waals surface area contributed by atoms with Gasteiger partial charge in [-0.15, -0.1) is 0 Å². The molecule has 2 atom stereocenters. The molecule has 0 spiro atoms. The number of amides is 1. The number of hydrogen-bond acceptors (Lipinski definition) is 3. The van der Waals surface area contributed by atoms with E-state index in [1.165, 1.54) is 0 Å². The molecule has 23 heavy (non-hydrogen) atoms. The van der Waals surface area contributed by atoms with E-state index in [1.54, 1.807) is 13.8 Å². The summed E-state index contributed by atoms with van der Waals surface area (Å²) in [4.78, 5) is 22.9. The molecule has 0 unspecified atom stereocenters. The Labute approximate surface area is 131 Å². The molecule has 1 aromatic carbocycles. The Hall–Kier alpha value is -2.09. The Morgan fingerprint density at radius 2 is 1.70 bits per heavy atom. The van der Waals surface area contributed by atoms with Crippen LogP contribution in [0, 0.1) is 5.92 Å². The maximum atomic E-state index is 12.5. The van der Waals surface area contributed by atoms with E-state index in [2.05, 4.69) is 5.32 Å². The molecule has 1 rings (SSSR count). The average molecular weight is 333 g/mol. The van der Waals surface area contributed by atoms with E-state index >= 15 is 0 Å². The molecule has 8 heteroatoms. The van der Waals surface area contributed by atoms with Gasteiger partial charge in [0.25, 0.3) is 5.91 Å². The second kappa shape index (κ2) is 7.45. The SMILES string of the molecule is CC(C)C[C@@H](NC(=O)[C@@H](O)c1ccc(C(F)(F)F)cc1)C(=O)O. The van der Waals surface area contributed by atoms with Gasteiger partial charge in [0, 0.05) is 0 Å². The highest BCUT2D eigenvalue weighted by atomic mass is 19.4. The Morgan fingerprint density at radius 3 is 2.09 bits per heavy atom. The summed E-state index contributed by atoms with van der Waals surface area (Å²) in [6.07, 6.45) is -6.09. The fourth-order valence-corrected chi connectivity index (χ4v) is 1.95. The zero-order chi connectivity index (χ0) is 17.8. The van der Waals surface area contributed by atoms with Gasteiger partial charge in [0.15, 0.2) is 6.10 Å². The van der Waals surface area contributed by atoms with Crippen molar-refractivity contribution in [2.45, 2.75) is 38.6 Å². The number of benzene rings is 1. The number of aliphatic hydroxyl groups excluding tert-OH is 1. The fraction of sp³-hybridized carbons (Fsp3) is 0.467. The summed E-state index contributed by atoms with van der Waals surface area (Å²) in [5, 5.41) is 21.1. The molecule has 0 aromatic heterocycles. The molecular weight excluding hydrogens is 315 g/mol. The predicted molar refractivity (Wildman–Crippen MR) is 75.4 cm³/mol. The lowest BCUT2D eigenvalue weighted by Gasteiger charge is -2.19. The second-order valence-corrected chi connectivity index (χ2v) is 5.55. The van der Waals surface area contributed by atoms with E-state index in [1.807, 2.05) is 0 Å². The summed E-state index contributed by atoms with van der Waals surface area (Å²) in [5.41, 5.74) is -0.957. The molecule has 0 aliphatic heterocycles. The summed E-state index contributed by atoms with van der Waals surface area (Å²) < 4.78 is 37.4. The minimum atomic E-state index is -4.52. The van der Waals surface area contributed by atoms with Crippen LogP contribution in [-0.2, 0) is 15.8 Å². The number of alkyl halides is 3. The van der Waals surface area contributed by atoms with Gasteiger partial charge in [-0.05, 0) is 30.0 Å². The first-order valence-electron chi connectivity index (χ1n) is 6.90. The van der Waals surface area contributed by atoms with Gasteiger partial charge in [-0.2, -0.15) is 13.2 Å². The van der Waals surface area contributed by atoms with E-state index in [0.29, 0.717) is 0 Å². The van der Waals surface area contributed by atoms with Crippen molar-refractivity contribution < 1.29 is 33.0 Å². The van der Waals surface area contributed by atoms with Crippen molar-refractivity contribution >= 4 is 11.9 Å². The minimum Gasteiger partial charge on any atom is -0.480 e. The van der Waals surface area contributed by atoms with Crippen LogP contribution in [0.1, 0.15) is 37.5 Å². The third-order valence-corrected chi connectivity index (χ3v) is 3.12. The number of carboxylic acid groups (broad SMARTS) is 1. The number of aliphatic carboxylic acids is 1. The monoisotopic (exact) mass is 333 g/mol. The number of carbonyl (C=O) groups is 2. The highest BCUT2D eigenvalue weighted by Crippen LogP contribution is 2.30. The highest BCUT2D eigenvalue weighted by Gasteiger charge is 2.31. The van der Waals surface area contributed by atoms with Crippen molar-refractivity contribution in [3.05, 3.63) is 35.4 Å². The van der Waals surface area contributed by atoms with E-state index in [9.17, 15) is 27.9 Å². The summed E-state index contributed by atoms with van der Waals surface area (Å²) in [6.45, 7) is 3.54. The van der Waals surface area contributed by atoms with Crippen molar-refractivity contribution in [3.8, 4) is 0 Å². The van der Waals surface area contributed by atoms with Crippen molar-refractivity contribution in [2.24, 2.45) is 5.92 Å². The van der Waals surface area contributed by atoms with Gasteiger partial charge in [0.05, 0.1) is 5.56 Å². The van der Waals surface area contributed by atoms with Crippen LogP contribution >= 0.6 is 0 Å². The van der Waals surface area contributed by atoms with Crippen molar-refractivity contribution in [2.75, 3.05) is 0 Å². The molecule has 0 aliphatic rings. The van der Waals surface area contributed by atoms with Gasteiger partial charge in [0.1, 0.15) is 6.04 Å². The van der Waals surface area contributed by atoms with Gasteiger partial charge in [-0.3, -0.25) is 4.79 Å². The molecular formula is C15H18F3NO4. The molecule has 3 N–H and O–H groups in total. The molecule has 0 fully saturated rings. The van der Waals surface area contributed by atoms with E-state index in [-0.39, 0.29) is 17.9 Å². The third-order valence-electron chi connectivity index (χ3n) is 3.12. The Balaban J connectivity index is 2.81. The van der Waals surface area contributed by atoms with Crippen molar-refractivity contribution in [1.82, 2.24) is 5.32 Å². The topological polar surface area (TPSA) is 86.6 Å². The smallest absolute Gasteiger partial charge is 0.416 e. The molecule has 1 amide bonds. The summed E-state index contributed by atoms with van der Waals surface area (Å²) in [7, 11) is 0. The number of halogens is 3. The largest absolute Gasteiger partial charge is 0.480 e. The molecule has 0 bridgehead atoms. The predicted octanol–water partition coefficient (Wildman–Crippen LogP) is 2.35. The maximum absolute atomic E-state index is 12.5. The van der Waals surface area contributed by atoms with Crippen molar-refractivity contribution in [1.29, 1.82) is 0 Å². The summed E-state index contributed by atoms with van der Waals surface area (Å²) >= 11 is 0. The molecule has 5 nitrogen and oxygen atoms in total. The first kappa shape index (κ1) is 19.0. The van der Waals surface area contributed by atoms with Gasteiger partial charge < -0.3 is 15.5 Å². The van der Waals surface area contributed by atoms with Crippen LogP contribution in [0.25, 0.3) is 0 Å². The number of carbonyl (C=O) groups excluding carboxylic acids is 1. The number of nitrogens with one attached hydrogen (secondary N) is 1. The van der Waals surface area contributed by atoms with Crippen LogP contribution < -0.4 is 5.32 Å². The lowest BCUT2D eigenvalue weighted by Crippen LogP contribution is -2.43.